The zero-order valence-corrected chi connectivity index (χ0v) is 16.7. The van der Waals surface area contributed by atoms with Crippen LogP contribution in [-0.2, 0) is 0 Å². The van der Waals surface area contributed by atoms with Gasteiger partial charge in [-0.3, -0.25) is 9.29 Å². The van der Waals surface area contributed by atoms with Gasteiger partial charge in [-0.05, 0) is 30.4 Å². The lowest BCUT2D eigenvalue weighted by Gasteiger charge is -2.31. The Bertz CT molecular complexity index is 904. The molecule has 5 nitrogen and oxygen atoms in total. The van der Waals surface area contributed by atoms with Crippen molar-refractivity contribution in [1.29, 1.82) is 0 Å². The van der Waals surface area contributed by atoms with Gasteiger partial charge >= 0.3 is 0 Å². The van der Waals surface area contributed by atoms with Gasteiger partial charge in [-0.15, -0.1) is 0 Å². The average Bonchev–Trinajstić information content (AvgIpc) is 2.74. The zero-order chi connectivity index (χ0) is 18.6. The van der Waals surface area contributed by atoms with Crippen LogP contribution < -0.4 is 5.32 Å². The van der Waals surface area contributed by atoms with Crippen molar-refractivity contribution in [3.05, 3.63) is 48.3 Å². The number of aromatic nitrogens is 3. The number of pyridine rings is 1. The summed E-state index contributed by atoms with van der Waals surface area (Å²) in [6.07, 6.45) is 5.89. The zero-order valence-electron chi connectivity index (χ0n) is 15.9. The van der Waals surface area contributed by atoms with Crippen molar-refractivity contribution in [2.24, 2.45) is 0 Å². The number of benzene rings is 1. The number of piperidine rings is 1. The average molecular weight is 380 g/mol. The second-order valence-electron chi connectivity index (χ2n) is 6.77. The molecule has 4 rings (SSSR count). The van der Waals surface area contributed by atoms with Crippen molar-refractivity contribution in [2.45, 2.75) is 25.7 Å². The number of nitrogens with zero attached hydrogens (tertiary/aromatic N) is 4. The van der Waals surface area contributed by atoms with E-state index in [4.69, 9.17) is 4.98 Å². The molecule has 1 fully saturated rings. The fraction of sp³-hybridized carbons (Fsp3) is 0.381. The first-order valence-electron chi connectivity index (χ1n) is 9.56. The molecule has 0 radical (unpaired) electrons. The van der Waals surface area contributed by atoms with Gasteiger partial charge < -0.3 is 5.32 Å². The van der Waals surface area contributed by atoms with Crippen LogP contribution in [0.15, 0.2) is 42.7 Å². The summed E-state index contributed by atoms with van der Waals surface area (Å²) in [6, 6.07) is 10.9. The van der Waals surface area contributed by atoms with Gasteiger partial charge in [0.2, 0.25) is 0 Å². The largest absolute Gasteiger partial charge is 0.371 e. The molecule has 140 valence electrons. The maximum Gasteiger partial charge on any atom is 0.154 e. The van der Waals surface area contributed by atoms with E-state index in [1.807, 2.05) is 25.1 Å². The molecular weight excluding hydrogens is 354 g/mol. The van der Waals surface area contributed by atoms with Crippen molar-refractivity contribution in [1.82, 2.24) is 19.3 Å². The molecule has 27 heavy (non-hydrogen) atoms. The van der Waals surface area contributed by atoms with E-state index in [1.165, 1.54) is 31.5 Å². The van der Waals surface area contributed by atoms with E-state index < -0.39 is 0 Å². The fourth-order valence-corrected chi connectivity index (χ4v) is 4.56. The van der Waals surface area contributed by atoms with E-state index in [9.17, 15) is 0 Å². The molecule has 6 heteroatoms. The number of hydrogen-bond acceptors (Lipinski definition) is 6. The molecule has 0 spiro atoms. The molecule has 1 saturated heterocycles. The summed E-state index contributed by atoms with van der Waals surface area (Å²) in [4.78, 5) is 13.6. The predicted molar refractivity (Wildman–Crippen MR) is 114 cm³/mol. The topological polar surface area (TPSA) is 53.9 Å². The first kappa shape index (κ1) is 18.2. The van der Waals surface area contributed by atoms with Crippen LogP contribution >= 0.6 is 11.9 Å². The quantitative estimate of drug-likeness (QED) is 0.655. The summed E-state index contributed by atoms with van der Waals surface area (Å²) in [7, 11) is 1.87. The highest BCUT2D eigenvalue weighted by Crippen LogP contribution is 2.32. The molecule has 1 aliphatic rings. The Morgan fingerprint density at radius 3 is 2.56 bits per heavy atom. The normalized spacial score (nSPS) is 15.9. The molecule has 0 atom stereocenters. The number of anilines is 1. The Labute approximate surface area is 164 Å². The summed E-state index contributed by atoms with van der Waals surface area (Å²) in [6.45, 7) is 4.59. The SMILES string of the molecule is CCSN1CCC(c2ccc(-c3cc4nccnc4c(NC)n3)cc2)CC1. The van der Waals surface area contributed by atoms with Gasteiger partial charge in [0.1, 0.15) is 5.52 Å². The Kier molecular flexibility index (Phi) is 5.55. The minimum absolute atomic E-state index is 0.663. The number of nitrogens with one attached hydrogen (secondary N) is 1. The molecule has 0 bridgehead atoms. The second kappa shape index (κ2) is 8.23. The Morgan fingerprint density at radius 1 is 1.11 bits per heavy atom. The molecule has 1 N–H and O–H groups in total. The maximum absolute atomic E-state index is 4.74. The van der Waals surface area contributed by atoms with E-state index >= 15 is 0 Å². The summed E-state index contributed by atoms with van der Waals surface area (Å²) in [5, 5.41) is 3.14. The molecule has 3 heterocycles. The lowest BCUT2D eigenvalue weighted by molar-refractivity contribution is 0.346. The monoisotopic (exact) mass is 379 g/mol. The van der Waals surface area contributed by atoms with E-state index in [1.54, 1.807) is 12.4 Å². The van der Waals surface area contributed by atoms with E-state index in [-0.39, 0.29) is 0 Å². The minimum atomic E-state index is 0.663. The highest BCUT2D eigenvalue weighted by molar-refractivity contribution is 7.96. The smallest absolute Gasteiger partial charge is 0.154 e. The Morgan fingerprint density at radius 2 is 1.85 bits per heavy atom. The van der Waals surface area contributed by atoms with Gasteiger partial charge in [-0.2, -0.15) is 0 Å². The molecular formula is C21H25N5S. The van der Waals surface area contributed by atoms with Gasteiger partial charge in [-0.25, -0.2) is 9.97 Å². The molecule has 0 unspecified atom stereocenters. The molecule has 0 saturated carbocycles. The van der Waals surface area contributed by atoms with Gasteiger partial charge in [0.05, 0.1) is 11.2 Å². The van der Waals surface area contributed by atoms with E-state index in [2.05, 4.69) is 50.8 Å². The highest BCUT2D eigenvalue weighted by Gasteiger charge is 2.20. The first-order chi connectivity index (χ1) is 13.3. The van der Waals surface area contributed by atoms with Crippen LogP contribution in [-0.4, -0.2) is 45.1 Å². The van der Waals surface area contributed by atoms with E-state index in [0.717, 1.165) is 33.9 Å². The molecule has 1 aliphatic heterocycles. The van der Waals surface area contributed by atoms with Gasteiger partial charge in [-0.1, -0.05) is 43.1 Å². The summed E-state index contributed by atoms with van der Waals surface area (Å²) in [5.41, 5.74) is 5.14. The minimum Gasteiger partial charge on any atom is -0.371 e. The number of hydrogen-bond donors (Lipinski definition) is 1. The predicted octanol–water partition coefficient (Wildman–Crippen LogP) is 4.58. The summed E-state index contributed by atoms with van der Waals surface area (Å²) in [5.74, 6) is 2.59. The van der Waals surface area contributed by atoms with Crippen molar-refractivity contribution in [3.8, 4) is 11.3 Å². The highest BCUT2D eigenvalue weighted by atomic mass is 32.2. The standard InChI is InChI=1S/C21H25N5S/c1-3-27-26-12-8-16(9-13-26)15-4-6-17(7-5-15)18-14-19-20(21(22-2)25-18)24-11-10-23-19/h4-7,10-11,14,16H,3,8-9,12-13H2,1-2H3,(H,22,25). The van der Waals surface area contributed by atoms with Gasteiger partial charge in [0, 0.05) is 43.8 Å². The first-order valence-corrected chi connectivity index (χ1v) is 10.5. The second-order valence-corrected chi connectivity index (χ2v) is 8.13. The summed E-state index contributed by atoms with van der Waals surface area (Å²) < 4.78 is 2.50. The van der Waals surface area contributed by atoms with Crippen molar-refractivity contribution >= 4 is 28.8 Å². The van der Waals surface area contributed by atoms with E-state index in [0.29, 0.717) is 5.92 Å². The third kappa shape index (κ3) is 3.92. The van der Waals surface area contributed by atoms with Crippen molar-refractivity contribution < 1.29 is 0 Å². The van der Waals surface area contributed by atoms with Crippen LogP contribution in [0.3, 0.4) is 0 Å². The van der Waals surface area contributed by atoms with Gasteiger partial charge in [0.15, 0.2) is 5.82 Å². The molecule has 0 amide bonds. The lowest BCUT2D eigenvalue weighted by Crippen LogP contribution is -2.27. The molecule has 0 aliphatic carbocycles. The summed E-state index contributed by atoms with van der Waals surface area (Å²) >= 11 is 1.96. The molecule has 2 aromatic heterocycles. The Hall–Kier alpha value is -2.18. The van der Waals surface area contributed by atoms with Crippen LogP contribution in [0.2, 0.25) is 0 Å². The fourth-order valence-electron chi connectivity index (χ4n) is 3.72. The lowest BCUT2D eigenvalue weighted by atomic mass is 9.89. The number of rotatable bonds is 5. The van der Waals surface area contributed by atoms with Crippen LogP contribution in [0.5, 0.6) is 0 Å². The molecule has 3 aromatic rings. The maximum atomic E-state index is 4.74. The van der Waals surface area contributed by atoms with Crippen LogP contribution in [0.25, 0.3) is 22.3 Å². The van der Waals surface area contributed by atoms with Crippen LogP contribution in [0.4, 0.5) is 5.82 Å². The number of fused-ring (bicyclic) bond motifs is 1. The van der Waals surface area contributed by atoms with Crippen LogP contribution in [0, 0.1) is 0 Å². The third-order valence-electron chi connectivity index (χ3n) is 5.14. The van der Waals surface area contributed by atoms with Gasteiger partial charge in [0.25, 0.3) is 0 Å². The van der Waals surface area contributed by atoms with Crippen LogP contribution in [0.1, 0.15) is 31.2 Å². The van der Waals surface area contributed by atoms with Crippen molar-refractivity contribution in [2.75, 3.05) is 31.2 Å². The molecule has 1 aromatic carbocycles. The Balaban J connectivity index is 1.55. The third-order valence-corrected chi connectivity index (χ3v) is 6.13. The van der Waals surface area contributed by atoms with Crippen molar-refractivity contribution in [3.63, 3.8) is 0 Å².